The number of carbonyl (C=O) groups is 1. The first-order valence-electron chi connectivity index (χ1n) is 7.22. The third-order valence-corrected chi connectivity index (χ3v) is 4.81. The zero-order valence-electron chi connectivity index (χ0n) is 13.6. The van der Waals surface area contributed by atoms with E-state index >= 15 is 0 Å². The normalized spacial score (nSPS) is 10.6. The Kier molecular flexibility index (Phi) is 8.71. The molecule has 0 atom stereocenters. The molecule has 124 valence electrons. The van der Waals surface area contributed by atoms with E-state index in [-0.39, 0.29) is 5.91 Å². The maximum atomic E-state index is 11.7. The van der Waals surface area contributed by atoms with Gasteiger partial charge in [0.15, 0.2) is 11.5 Å². The van der Waals surface area contributed by atoms with E-state index in [0.717, 1.165) is 28.8 Å². The van der Waals surface area contributed by atoms with E-state index < -0.39 is 0 Å². The predicted octanol–water partition coefficient (Wildman–Crippen LogP) is 3.86. The Bertz CT molecular complexity index is 495. The van der Waals surface area contributed by atoms with Gasteiger partial charge in [0.25, 0.3) is 0 Å². The second-order valence-corrected chi connectivity index (χ2v) is 7.16. The standard InChI is InChI=1S/C16H24BrNO3S/c1-11(2)5-6-18-16(19)10-22-9-12-7-14(20-3)15(21-4)8-13(12)17/h7-8,11H,5-6,9-10H2,1-4H3,(H,18,19). The highest BCUT2D eigenvalue weighted by molar-refractivity contribution is 9.10. The van der Waals surface area contributed by atoms with Gasteiger partial charge in [0.05, 0.1) is 20.0 Å². The molecule has 22 heavy (non-hydrogen) atoms. The highest BCUT2D eigenvalue weighted by Crippen LogP contribution is 2.34. The molecule has 6 heteroatoms. The van der Waals surface area contributed by atoms with Crippen LogP contribution in [0.15, 0.2) is 16.6 Å². The summed E-state index contributed by atoms with van der Waals surface area (Å²) in [6, 6.07) is 3.82. The van der Waals surface area contributed by atoms with Gasteiger partial charge in [-0.05, 0) is 30.0 Å². The Labute approximate surface area is 145 Å². The van der Waals surface area contributed by atoms with Crippen LogP contribution in [-0.4, -0.2) is 32.4 Å². The van der Waals surface area contributed by atoms with Crippen LogP contribution < -0.4 is 14.8 Å². The SMILES string of the molecule is COc1cc(Br)c(CSCC(=O)NCCC(C)C)cc1OC. The lowest BCUT2D eigenvalue weighted by Gasteiger charge is -2.12. The number of nitrogens with one attached hydrogen (secondary N) is 1. The minimum absolute atomic E-state index is 0.0854. The smallest absolute Gasteiger partial charge is 0.230 e. The first-order valence-corrected chi connectivity index (χ1v) is 9.17. The van der Waals surface area contributed by atoms with Crippen molar-refractivity contribution in [3.63, 3.8) is 0 Å². The number of carbonyl (C=O) groups excluding carboxylic acids is 1. The molecule has 0 aliphatic rings. The highest BCUT2D eigenvalue weighted by atomic mass is 79.9. The van der Waals surface area contributed by atoms with Crippen LogP contribution in [0.1, 0.15) is 25.8 Å². The van der Waals surface area contributed by atoms with Crippen molar-refractivity contribution >= 4 is 33.6 Å². The van der Waals surface area contributed by atoms with Crippen LogP contribution in [0.3, 0.4) is 0 Å². The Morgan fingerprint density at radius 1 is 1.27 bits per heavy atom. The van der Waals surface area contributed by atoms with Crippen LogP contribution in [0.5, 0.6) is 11.5 Å². The first kappa shape index (κ1) is 19.2. The predicted molar refractivity (Wildman–Crippen MR) is 95.9 cm³/mol. The van der Waals surface area contributed by atoms with Gasteiger partial charge < -0.3 is 14.8 Å². The summed E-state index contributed by atoms with van der Waals surface area (Å²) in [7, 11) is 3.23. The minimum Gasteiger partial charge on any atom is -0.493 e. The molecule has 0 saturated carbocycles. The molecule has 0 aromatic heterocycles. The van der Waals surface area contributed by atoms with Gasteiger partial charge in [-0.3, -0.25) is 4.79 Å². The number of rotatable bonds is 9. The van der Waals surface area contributed by atoms with E-state index in [1.54, 1.807) is 26.0 Å². The number of ether oxygens (including phenoxy) is 2. The quantitative estimate of drug-likeness (QED) is 0.696. The van der Waals surface area contributed by atoms with E-state index in [4.69, 9.17) is 9.47 Å². The maximum Gasteiger partial charge on any atom is 0.230 e. The average molecular weight is 390 g/mol. The van der Waals surface area contributed by atoms with Gasteiger partial charge in [-0.1, -0.05) is 29.8 Å². The molecule has 4 nitrogen and oxygen atoms in total. The molecule has 1 rings (SSSR count). The lowest BCUT2D eigenvalue weighted by molar-refractivity contribution is -0.118. The van der Waals surface area contributed by atoms with E-state index in [0.29, 0.717) is 23.2 Å². The molecule has 0 saturated heterocycles. The van der Waals surface area contributed by atoms with Crippen LogP contribution in [0.25, 0.3) is 0 Å². The summed E-state index contributed by atoms with van der Waals surface area (Å²) < 4.78 is 11.5. The number of halogens is 1. The van der Waals surface area contributed by atoms with Gasteiger partial charge in [0.2, 0.25) is 5.91 Å². The van der Waals surface area contributed by atoms with E-state index in [9.17, 15) is 4.79 Å². The average Bonchev–Trinajstić information content (AvgIpc) is 2.48. The van der Waals surface area contributed by atoms with Crippen LogP contribution in [0.2, 0.25) is 0 Å². The number of methoxy groups -OCH3 is 2. The van der Waals surface area contributed by atoms with Crippen LogP contribution in [0, 0.1) is 5.92 Å². The number of amides is 1. The molecule has 1 aromatic rings. The third-order valence-electron chi connectivity index (χ3n) is 3.09. The molecule has 1 N–H and O–H groups in total. The zero-order chi connectivity index (χ0) is 16.5. The van der Waals surface area contributed by atoms with Crippen molar-refractivity contribution in [2.24, 2.45) is 5.92 Å². The molecule has 1 amide bonds. The van der Waals surface area contributed by atoms with E-state index in [1.807, 2.05) is 12.1 Å². The lowest BCUT2D eigenvalue weighted by atomic mass is 10.1. The monoisotopic (exact) mass is 389 g/mol. The van der Waals surface area contributed by atoms with Gasteiger partial charge in [-0.2, -0.15) is 0 Å². The molecule has 0 radical (unpaired) electrons. The summed E-state index contributed by atoms with van der Waals surface area (Å²) in [5.41, 5.74) is 1.08. The molecule has 0 spiro atoms. The Morgan fingerprint density at radius 2 is 1.91 bits per heavy atom. The van der Waals surface area contributed by atoms with Gasteiger partial charge in [-0.25, -0.2) is 0 Å². The second kappa shape index (κ2) is 10.0. The van der Waals surface area contributed by atoms with Gasteiger partial charge in [0.1, 0.15) is 0 Å². The summed E-state index contributed by atoms with van der Waals surface area (Å²) in [4.78, 5) is 11.7. The van der Waals surface area contributed by atoms with E-state index in [2.05, 4.69) is 35.1 Å². The Balaban J connectivity index is 2.46. The molecule has 1 aromatic carbocycles. The second-order valence-electron chi connectivity index (χ2n) is 5.32. The van der Waals surface area contributed by atoms with Gasteiger partial charge >= 0.3 is 0 Å². The molecule has 0 unspecified atom stereocenters. The zero-order valence-corrected chi connectivity index (χ0v) is 16.0. The number of hydrogen-bond donors (Lipinski definition) is 1. The van der Waals surface area contributed by atoms with Gasteiger partial charge in [0, 0.05) is 16.8 Å². The topological polar surface area (TPSA) is 47.6 Å². The molecule has 0 aliphatic carbocycles. The minimum atomic E-state index is 0.0854. The van der Waals surface area contributed by atoms with Crippen molar-refractivity contribution in [3.05, 3.63) is 22.2 Å². The molecule has 0 bridgehead atoms. The van der Waals surface area contributed by atoms with Crippen LogP contribution in [0.4, 0.5) is 0 Å². The Morgan fingerprint density at radius 3 is 2.50 bits per heavy atom. The van der Waals surface area contributed by atoms with Crippen LogP contribution >= 0.6 is 27.7 Å². The van der Waals surface area contributed by atoms with Gasteiger partial charge in [-0.15, -0.1) is 11.8 Å². The fraction of sp³-hybridized carbons (Fsp3) is 0.562. The molecule has 0 fully saturated rings. The van der Waals surface area contributed by atoms with Crippen molar-refractivity contribution < 1.29 is 14.3 Å². The van der Waals surface area contributed by atoms with Crippen molar-refractivity contribution in [3.8, 4) is 11.5 Å². The number of thioether (sulfide) groups is 1. The van der Waals surface area contributed by atoms with E-state index in [1.165, 1.54) is 0 Å². The molecule has 0 aliphatic heterocycles. The molecular formula is C16H24BrNO3S. The fourth-order valence-electron chi connectivity index (χ4n) is 1.81. The summed E-state index contributed by atoms with van der Waals surface area (Å²) in [6.07, 6.45) is 1.01. The summed E-state index contributed by atoms with van der Waals surface area (Å²) in [6.45, 7) is 5.04. The Hall–Kier alpha value is -0.880. The first-order chi connectivity index (χ1) is 10.5. The van der Waals surface area contributed by atoms with Crippen molar-refractivity contribution in [2.75, 3.05) is 26.5 Å². The molecular weight excluding hydrogens is 366 g/mol. The number of benzene rings is 1. The summed E-state index contributed by atoms with van der Waals surface area (Å²) >= 11 is 5.11. The van der Waals surface area contributed by atoms with Crippen molar-refractivity contribution in [1.29, 1.82) is 0 Å². The van der Waals surface area contributed by atoms with Crippen LogP contribution in [-0.2, 0) is 10.5 Å². The lowest BCUT2D eigenvalue weighted by Crippen LogP contribution is -2.26. The number of hydrogen-bond acceptors (Lipinski definition) is 4. The van der Waals surface area contributed by atoms with Crippen molar-refractivity contribution in [2.45, 2.75) is 26.0 Å². The largest absolute Gasteiger partial charge is 0.493 e. The fourth-order valence-corrected chi connectivity index (χ4v) is 3.31. The molecule has 0 heterocycles. The summed E-state index contributed by atoms with van der Waals surface area (Å²) in [5, 5.41) is 2.94. The summed E-state index contributed by atoms with van der Waals surface area (Å²) in [5.74, 6) is 3.27. The van der Waals surface area contributed by atoms with Crippen molar-refractivity contribution in [1.82, 2.24) is 5.32 Å². The highest BCUT2D eigenvalue weighted by Gasteiger charge is 2.10. The maximum absolute atomic E-state index is 11.7. The third kappa shape index (κ3) is 6.48.